The van der Waals surface area contributed by atoms with Crippen molar-refractivity contribution in [1.82, 2.24) is 5.34 Å². The molecule has 0 aliphatic rings. The zero-order valence-corrected chi connectivity index (χ0v) is 7.83. The van der Waals surface area contributed by atoms with E-state index in [1.165, 1.54) is 0 Å². The van der Waals surface area contributed by atoms with Crippen molar-refractivity contribution in [3.8, 4) is 0 Å². The van der Waals surface area contributed by atoms with E-state index in [0.29, 0.717) is 0 Å². The van der Waals surface area contributed by atoms with Crippen molar-refractivity contribution in [3.05, 3.63) is 35.4 Å². The van der Waals surface area contributed by atoms with Crippen LogP contribution in [0.2, 0.25) is 0 Å². The SMILES string of the molecule is O=C(O)C(Cc1cccc(F)c1F)N(F)F. The quantitative estimate of drug-likeness (QED) is 0.643. The summed E-state index contributed by atoms with van der Waals surface area (Å²) in [6.45, 7) is 0. The van der Waals surface area contributed by atoms with Crippen molar-refractivity contribution in [2.24, 2.45) is 0 Å². The Hall–Kier alpha value is -1.63. The summed E-state index contributed by atoms with van der Waals surface area (Å²) in [6, 6.07) is 0.791. The molecule has 88 valence electrons. The molecule has 1 N–H and O–H groups in total. The van der Waals surface area contributed by atoms with Crippen LogP contribution in [0, 0.1) is 11.6 Å². The molecule has 1 atom stereocenters. The molecule has 0 fully saturated rings. The van der Waals surface area contributed by atoms with E-state index in [-0.39, 0.29) is 0 Å². The van der Waals surface area contributed by atoms with Gasteiger partial charge in [-0.05, 0) is 11.6 Å². The van der Waals surface area contributed by atoms with Crippen molar-refractivity contribution < 1.29 is 27.6 Å². The van der Waals surface area contributed by atoms with Gasteiger partial charge in [0.15, 0.2) is 17.7 Å². The van der Waals surface area contributed by atoms with Crippen LogP contribution in [0.1, 0.15) is 5.56 Å². The number of hydrogen-bond donors (Lipinski definition) is 1. The monoisotopic (exact) mass is 237 g/mol. The molecule has 0 bridgehead atoms. The third kappa shape index (κ3) is 2.69. The summed E-state index contributed by atoms with van der Waals surface area (Å²) in [5, 5.41) is 6.88. The first-order chi connectivity index (χ1) is 7.43. The molecule has 0 saturated heterocycles. The number of nitrogens with zero attached hydrogens (tertiary/aromatic N) is 1. The van der Waals surface area contributed by atoms with Crippen LogP contribution in [0.25, 0.3) is 0 Å². The lowest BCUT2D eigenvalue weighted by atomic mass is 10.1. The molecular formula is C9H7F4NO2. The fourth-order valence-corrected chi connectivity index (χ4v) is 1.15. The minimum atomic E-state index is -2.20. The van der Waals surface area contributed by atoms with Crippen molar-refractivity contribution in [1.29, 1.82) is 0 Å². The zero-order valence-electron chi connectivity index (χ0n) is 7.83. The van der Waals surface area contributed by atoms with Gasteiger partial charge in [-0.25, -0.2) is 8.78 Å². The maximum absolute atomic E-state index is 13.1. The van der Waals surface area contributed by atoms with Gasteiger partial charge >= 0.3 is 5.97 Å². The molecule has 0 spiro atoms. The maximum atomic E-state index is 13.1. The number of benzene rings is 1. The van der Waals surface area contributed by atoms with E-state index in [4.69, 9.17) is 5.11 Å². The average Bonchev–Trinajstić information content (AvgIpc) is 2.19. The van der Waals surface area contributed by atoms with Crippen LogP contribution in [0.15, 0.2) is 18.2 Å². The first-order valence-corrected chi connectivity index (χ1v) is 4.20. The van der Waals surface area contributed by atoms with Gasteiger partial charge in [0.05, 0.1) is 0 Å². The Morgan fingerprint density at radius 3 is 2.50 bits per heavy atom. The predicted molar refractivity (Wildman–Crippen MR) is 45.5 cm³/mol. The number of halogens is 4. The lowest BCUT2D eigenvalue weighted by molar-refractivity contribution is -0.201. The number of rotatable bonds is 4. The van der Waals surface area contributed by atoms with Crippen LogP contribution < -0.4 is 0 Å². The highest BCUT2D eigenvalue weighted by molar-refractivity contribution is 5.73. The van der Waals surface area contributed by atoms with Gasteiger partial charge in [-0.1, -0.05) is 12.1 Å². The second kappa shape index (κ2) is 4.93. The van der Waals surface area contributed by atoms with Crippen molar-refractivity contribution in [2.45, 2.75) is 12.5 Å². The Morgan fingerprint density at radius 1 is 1.38 bits per heavy atom. The van der Waals surface area contributed by atoms with Crippen LogP contribution in [0.3, 0.4) is 0 Å². The van der Waals surface area contributed by atoms with Gasteiger partial charge < -0.3 is 5.11 Å². The molecule has 16 heavy (non-hydrogen) atoms. The first kappa shape index (κ1) is 12.4. The van der Waals surface area contributed by atoms with E-state index in [1.54, 1.807) is 0 Å². The molecule has 1 unspecified atom stereocenters. The molecule has 3 nitrogen and oxygen atoms in total. The Balaban J connectivity index is 2.94. The molecule has 1 aromatic carbocycles. The molecule has 0 aliphatic heterocycles. The summed E-state index contributed by atoms with van der Waals surface area (Å²) in [4.78, 5) is 10.4. The number of carboxylic acids is 1. The lowest BCUT2D eigenvalue weighted by Gasteiger charge is -2.12. The van der Waals surface area contributed by atoms with Gasteiger partial charge in [0.25, 0.3) is 0 Å². The van der Waals surface area contributed by atoms with E-state index in [2.05, 4.69) is 0 Å². The highest BCUT2D eigenvalue weighted by atomic mass is 19.4. The highest BCUT2D eigenvalue weighted by Crippen LogP contribution is 2.16. The Bertz CT molecular complexity index is 397. The highest BCUT2D eigenvalue weighted by Gasteiger charge is 2.28. The second-order valence-electron chi connectivity index (χ2n) is 3.03. The molecule has 0 aliphatic carbocycles. The van der Waals surface area contributed by atoms with Gasteiger partial charge in [-0.3, -0.25) is 4.79 Å². The molecule has 7 heteroatoms. The lowest BCUT2D eigenvalue weighted by Crippen LogP contribution is -2.33. The van der Waals surface area contributed by atoms with Gasteiger partial charge in [0.1, 0.15) is 0 Å². The minimum absolute atomic E-state index is 0.410. The standard InChI is InChI=1S/C9H7F4NO2/c10-6-3-1-2-5(8(6)11)4-7(9(15)16)14(12)13/h1-3,7H,4H2,(H,15,16). The molecular weight excluding hydrogens is 230 g/mol. The topological polar surface area (TPSA) is 40.5 Å². The number of carbonyl (C=O) groups is 1. The molecule has 0 aromatic heterocycles. The van der Waals surface area contributed by atoms with Gasteiger partial charge in [0.2, 0.25) is 0 Å². The smallest absolute Gasteiger partial charge is 0.326 e. The van der Waals surface area contributed by atoms with E-state index < -0.39 is 41.0 Å². The van der Waals surface area contributed by atoms with Crippen LogP contribution in [0.5, 0.6) is 0 Å². The third-order valence-electron chi connectivity index (χ3n) is 1.97. The Kier molecular flexibility index (Phi) is 3.83. The second-order valence-corrected chi connectivity index (χ2v) is 3.03. The predicted octanol–water partition coefficient (Wildman–Crippen LogP) is 2.03. The summed E-state index contributed by atoms with van der Waals surface area (Å²) >= 11 is 0. The van der Waals surface area contributed by atoms with Gasteiger partial charge in [0, 0.05) is 11.8 Å². The van der Waals surface area contributed by atoms with Gasteiger partial charge in [-0.2, -0.15) is 0 Å². The fraction of sp³-hybridized carbons (Fsp3) is 0.222. The molecule has 0 radical (unpaired) electrons. The molecule has 0 amide bonds. The largest absolute Gasteiger partial charge is 0.480 e. The van der Waals surface area contributed by atoms with E-state index in [9.17, 15) is 22.5 Å². The van der Waals surface area contributed by atoms with Gasteiger partial charge in [-0.15, -0.1) is 8.96 Å². The summed E-state index contributed by atoms with van der Waals surface area (Å²) in [5.41, 5.74) is -0.410. The van der Waals surface area contributed by atoms with Crippen LogP contribution >= 0.6 is 0 Å². The van der Waals surface area contributed by atoms with E-state index >= 15 is 0 Å². The van der Waals surface area contributed by atoms with E-state index in [1.807, 2.05) is 0 Å². The van der Waals surface area contributed by atoms with Crippen LogP contribution in [0.4, 0.5) is 17.7 Å². The normalized spacial score (nSPS) is 12.8. The molecule has 1 rings (SSSR count). The number of carboxylic acid groups (broad SMARTS) is 1. The Morgan fingerprint density at radius 2 is 2.00 bits per heavy atom. The minimum Gasteiger partial charge on any atom is -0.480 e. The number of aliphatic carboxylic acids is 1. The Labute approximate surface area is 87.8 Å². The molecule has 0 saturated carbocycles. The maximum Gasteiger partial charge on any atom is 0.326 e. The average molecular weight is 237 g/mol. The van der Waals surface area contributed by atoms with E-state index in [0.717, 1.165) is 18.2 Å². The van der Waals surface area contributed by atoms with Crippen LogP contribution in [-0.2, 0) is 11.2 Å². The molecule has 0 heterocycles. The third-order valence-corrected chi connectivity index (χ3v) is 1.97. The fourth-order valence-electron chi connectivity index (χ4n) is 1.15. The molecule has 1 aromatic rings. The number of hydrogen-bond acceptors (Lipinski definition) is 2. The summed E-state index contributed by atoms with van der Waals surface area (Å²) in [6.07, 6.45) is -0.814. The van der Waals surface area contributed by atoms with Crippen LogP contribution in [-0.4, -0.2) is 22.5 Å². The summed E-state index contributed by atoms with van der Waals surface area (Å²) in [7, 11) is 0. The summed E-state index contributed by atoms with van der Waals surface area (Å²) < 4.78 is 50.0. The first-order valence-electron chi connectivity index (χ1n) is 4.20. The van der Waals surface area contributed by atoms with Crippen molar-refractivity contribution >= 4 is 5.97 Å². The van der Waals surface area contributed by atoms with Crippen molar-refractivity contribution in [2.75, 3.05) is 0 Å². The zero-order chi connectivity index (χ0) is 12.3. The summed E-state index contributed by atoms with van der Waals surface area (Å²) in [5.74, 6) is -4.32. The van der Waals surface area contributed by atoms with Crippen molar-refractivity contribution in [3.63, 3.8) is 0 Å².